The van der Waals surface area contributed by atoms with Crippen LogP contribution in [0.25, 0.3) is 0 Å². The molecule has 0 radical (unpaired) electrons. The van der Waals surface area contributed by atoms with E-state index in [1.807, 2.05) is 0 Å². The highest BCUT2D eigenvalue weighted by Crippen LogP contribution is 2.19. The van der Waals surface area contributed by atoms with E-state index in [-0.39, 0.29) is 0 Å². The van der Waals surface area contributed by atoms with E-state index in [9.17, 15) is 0 Å². The molecule has 0 aromatic heterocycles. The van der Waals surface area contributed by atoms with Crippen LogP contribution in [-0.2, 0) is 6.54 Å². The summed E-state index contributed by atoms with van der Waals surface area (Å²) in [6, 6.07) is 4.66. The third kappa shape index (κ3) is 3.42. The van der Waals surface area contributed by atoms with E-state index < -0.39 is 0 Å². The van der Waals surface area contributed by atoms with Crippen LogP contribution in [0.15, 0.2) is 12.1 Å². The van der Waals surface area contributed by atoms with Gasteiger partial charge in [-0.3, -0.25) is 4.90 Å². The zero-order valence-electron chi connectivity index (χ0n) is 11.0. The number of hydrogen-bond donors (Lipinski definition) is 0. The number of rotatable bonds is 2. The lowest BCUT2D eigenvalue weighted by molar-refractivity contribution is 0.148. The zero-order chi connectivity index (χ0) is 12.4. The fourth-order valence-electron chi connectivity index (χ4n) is 2.26. The number of piperazine rings is 1. The minimum atomic E-state index is 1.11. The van der Waals surface area contributed by atoms with Crippen molar-refractivity contribution in [1.82, 2.24) is 9.80 Å². The van der Waals surface area contributed by atoms with Crippen molar-refractivity contribution in [2.24, 2.45) is 0 Å². The molecule has 2 rings (SSSR count). The normalized spacial score (nSPS) is 18.6. The van der Waals surface area contributed by atoms with Gasteiger partial charge >= 0.3 is 0 Å². The lowest BCUT2D eigenvalue weighted by Gasteiger charge is -2.32. The van der Waals surface area contributed by atoms with Crippen molar-refractivity contribution in [2.45, 2.75) is 20.4 Å². The monoisotopic (exact) mass is 344 g/mol. The Morgan fingerprint density at radius 1 is 1.06 bits per heavy atom. The van der Waals surface area contributed by atoms with Crippen LogP contribution in [0, 0.1) is 17.4 Å². The Balaban J connectivity index is 2.06. The summed E-state index contributed by atoms with van der Waals surface area (Å²) in [7, 11) is 2.21. The van der Waals surface area contributed by atoms with E-state index in [2.05, 4.69) is 65.4 Å². The average Bonchev–Trinajstić information content (AvgIpc) is 2.29. The lowest BCUT2D eigenvalue weighted by atomic mass is 10.0. The molecule has 0 unspecified atom stereocenters. The molecule has 1 saturated heterocycles. The van der Waals surface area contributed by atoms with Crippen molar-refractivity contribution in [3.05, 3.63) is 32.4 Å². The topological polar surface area (TPSA) is 6.48 Å². The summed E-state index contributed by atoms with van der Waals surface area (Å²) in [5, 5.41) is 0. The van der Waals surface area contributed by atoms with Gasteiger partial charge in [-0.25, -0.2) is 0 Å². The van der Waals surface area contributed by atoms with Gasteiger partial charge in [0.15, 0.2) is 0 Å². The first kappa shape index (κ1) is 13.3. The molecule has 0 saturated carbocycles. The second-order valence-electron chi connectivity index (χ2n) is 5.11. The maximum Gasteiger partial charge on any atom is 0.0237 e. The molecule has 0 bridgehead atoms. The first-order chi connectivity index (χ1) is 8.06. The van der Waals surface area contributed by atoms with Gasteiger partial charge in [0.2, 0.25) is 0 Å². The van der Waals surface area contributed by atoms with Crippen molar-refractivity contribution >= 4 is 22.6 Å². The van der Waals surface area contributed by atoms with Crippen LogP contribution in [0.1, 0.15) is 16.7 Å². The summed E-state index contributed by atoms with van der Waals surface area (Å²) in [5.41, 5.74) is 4.33. The van der Waals surface area contributed by atoms with Crippen LogP contribution in [0.3, 0.4) is 0 Å². The molecule has 3 heteroatoms. The van der Waals surface area contributed by atoms with Crippen LogP contribution in [0.2, 0.25) is 0 Å². The van der Waals surface area contributed by atoms with Gasteiger partial charge in [0.25, 0.3) is 0 Å². The highest BCUT2D eigenvalue weighted by molar-refractivity contribution is 14.1. The van der Waals surface area contributed by atoms with Gasteiger partial charge in [0.1, 0.15) is 0 Å². The van der Waals surface area contributed by atoms with Crippen LogP contribution in [0.4, 0.5) is 0 Å². The first-order valence-corrected chi connectivity index (χ1v) is 7.30. The minimum Gasteiger partial charge on any atom is -0.304 e. The number of benzene rings is 1. The van der Waals surface area contributed by atoms with Crippen molar-refractivity contribution in [1.29, 1.82) is 0 Å². The van der Waals surface area contributed by atoms with Gasteiger partial charge in [0.05, 0.1) is 0 Å². The molecule has 1 aromatic rings. The van der Waals surface area contributed by atoms with Gasteiger partial charge < -0.3 is 4.90 Å². The molecule has 1 aliphatic rings. The Morgan fingerprint density at radius 2 is 1.71 bits per heavy atom. The molecule has 1 aliphatic heterocycles. The Morgan fingerprint density at radius 3 is 2.35 bits per heavy atom. The van der Waals surface area contributed by atoms with E-state index in [0.717, 1.165) is 6.54 Å². The molecule has 0 spiro atoms. The first-order valence-electron chi connectivity index (χ1n) is 6.23. The maximum absolute atomic E-state index is 2.56. The molecule has 17 heavy (non-hydrogen) atoms. The lowest BCUT2D eigenvalue weighted by Crippen LogP contribution is -2.43. The van der Waals surface area contributed by atoms with E-state index in [1.54, 1.807) is 0 Å². The molecule has 0 atom stereocenters. The molecule has 0 amide bonds. The largest absolute Gasteiger partial charge is 0.304 e. The average molecular weight is 344 g/mol. The molecule has 2 nitrogen and oxygen atoms in total. The zero-order valence-corrected chi connectivity index (χ0v) is 13.1. The second-order valence-corrected chi connectivity index (χ2v) is 6.27. The van der Waals surface area contributed by atoms with Gasteiger partial charge in [-0.05, 0) is 66.2 Å². The van der Waals surface area contributed by atoms with E-state index in [4.69, 9.17) is 0 Å². The van der Waals surface area contributed by atoms with Crippen LogP contribution in [0.5, 0.6) is 0 Å². The van der Waals surface area contributed by atoms with Crippen molar-refractivity contribution in [2.75, 3.05) is 33.2 Å². The minimum absolute atomic E-state index is 1.11. The highest BCUT2D eigenvalue weighted by Gasteiger charge is 2.15. The predicted molar refractivity (Wildman–Crippen MR) is 81.4 cm³/mol. The van der Waals surface area contributed by atoms with E-state index >= 15 is 0 Å². The number of hydrogen-bond acceptors (Lipinski definition) is 2. The van der Waals surface area contributed by atoms with E-state index in [1.165, 1.54) is 46.4 Å². The summed E-state index contributed by atoms with van der Waals surface area (Å²) in [6.07, 6.45) is 0. The van der Waals surface area contributed by atoms with Crippen LogP contribution >= 0.6 is 22.6 Å². The fraction of sp³-hybridized carbons (Fsp3) is 0.571. The number of halogens is 1. The van der Waals surface area contributed by atoms with Gasteiger partial charge in [-0.1, -0.05) is 6.07 Å². The summed E-state index contributed by atoms with van der Waals surface area (Å²) >= 11 is 2.42. The quantitative estimate of drug-likeness (QED) is 0.761. The summed E-state index contributed by atoms with van der Waals surface area (Å²) in [5.74, 6) is 0. The summed E-state index contributed by atoms with van der Waals surface area (Å²) in [6.45, 7) is 10.3. The molecule has 1 fully saturated rings. The van der Waals surface area contributed by atoms with Gasteiger partial charge in [-0.15, -0.1) is 0 Å². The molecule has 0 N–H and O–H groups in total. The smallest absolute Gasteiger partial charge is 0.0237 e. The predicted octanol–water partition coefficient (Wildman–Crippen LogP) is 2.66. The molecular formula is C14H21IN2. The van der Waals surface area contributed by atoms with E-state index in [0.29, 0.717) is 0 Å². The molecular weight excluding hydrogens is 323 g/mol. The Labute approximate surface area is 118 Å². The standard InChI is InChI=1S/C14H21IN2/c1-11-9-14(15)12(2)8-13(11)10-17-6-4-16(3)5-7-17/h8-9H,4-7,10H2,1-3H3. The summed E-state index contributed by atoms with van der Waals surface area (Å²) < 4.78 is 1.38. The fourth-order valence-corrected chi connectivity index (χ4v) is 2.88. The third-order valence-electron chi connectivity index (χ3n) is 3.61. The number of nitrogens with zero attached hydrogens (tertiary/aromatic N) is 2. The number of aryl methyl sites for hydroxylation is 2. The Hall–Kier alpha value is -0.130. The number of likely N-dealkylation sites (N-methyl/N-ethyl adjacent to an activating group) is 1. The molecule has 0 aliphatic carbocycles. The van der Waals surface area contributed by atoms with Crippen molar-refractivity contribution in [3.63, 3.8) is 0 Å². The van der Waals surface area contributed by atoms with Gasteiger partial charge in [-0.2, -0.15) is 0 Å². The Bertz CT molecular complexity index is 395. The van der Waals surface area contributed by atoms with Gasteiger partial charge in [0, 0.05) is 36.3 Å². The maximum atomic E-state index is 2.56. The summed E-state index contributed by atoms with van der Waals surface area (Å²) in [4.78, 5) is 4.97. The SMILES string of the molecule is Cc1cc(CN2CCN(C)CC2)c(C)cc1I. The molecule has 1 aromatic carbocycles. The second kappa shape index (κ2) is 5.67. The highest BCUT2D eigenvalue weighted by atomic mass is 127. The molecule has 94 valence electrons. The Kier molecular flexibility index (Phi) is 4.44. The molecule has 1 heterocycles. The third-order valence-corrected chi connectivity index (χ3v) is 4.77. The van der Waals surface area contributed by atoms with Crippen LogP contribution in [-0.4, -0.2) is 43.0 Å². The van der Waals surface area contributed by atoms with Crippen molar-refractivity contribution < 1.29 is 0 Å². The van der Waals surface area contributed by atoms with Crippen LogP contribution < -0.4 is 0 Å². The van der Waals surface area contributed by atoms with Crippen molar-refractivity contribution in [3.8, 4) is 0 Å².